The molecule has 0 radical (unpaired) electrons. The van der Waals surface area contributed by atoms with Crippen LogP contribution in [0.15, 0.2) is 0 Å². The van der Waals surface area contributed by atoms with Crippen molar-refractivity contribution in [2.45, 2.75) is 24.5 Å². The van der Waals surface area contributed by atoms with Gasteiger partial charge in [-0.15, -0.1) is 0 Å². The Morgan fingerprint density at radius 3 is 2.64 bits per heavy atom. The Balaban J connectivity index is 1.73. The Kier molecular flexibility index (Phi) is 1.35. The summed E-state index contributed by atoms with van der Waals surface area (Å²) in [5.41, 5.74) is -0.358. The summed E-state index contributed by atoms with van der Waals surface area (Å²) in [5.74, 6) is 2.81. The highest BCUT2D eigenvalue weighted by Gasteiger charge is 2.66. The molecule has 3 nitrogen and oxygen atoms in total. The van der Waals surface area contributed by atoms with E-state index < -0.39 is 0 Å². The van der Waals surface area contributed by atoms with Gasteiger partial charge in [-0.05, 0) is 37.1 Å². The van der Waals surface area contributed by atoms with Crippen LogP contribution in [0.3, 0.4) is 0 Å². The van der Waals surface area contributed by atoms with Gasteiger partial charge in [0.1, 0.15) is 0 Å². The predicted octanol–water partition coefficient (Wildman–Crippen LogP) is -0.435. The maximum Gasteiger partial charge on any atom is 0.0883 e. The minimum absolute atomic E-state index is 0.358. The van der Waals surface area contributed by atoms with E-state index in [0.29, 0.717) is 17.9 Å². The van der Waals surface area contributed by atoms with Crippen molar-refractivity contribution in [3.8, 4) is 0 Å². The van der Waals surface area contributed by atoms with Crippen molar-refractivity contribution in [2.75, 3.05) is 19.6 Å². The number of hydrogen-bond donors (Lipinski definition) is 3. The fourth-order valence-electron chi connectivity index (χ4n) is 4.57. The minimum atomic E-state index is -0.358. The highest BCUT2D eigenvalue weighted by atomic mass is 16.3. The van der Waals surface area contributed by atoms with Crippen LogP contribution in [0.4, 0.5) is 0 Å². The maximum atomic E-state index is 10.9. The number of nitrogens with one attached hydrogen (secondary N) is 2. The van der Waals surface area contributed by atoms with Gasteiger partial charge in [-0.2, -0.15) is 0 Å². The highest BCUT2D eigenvalue weighted by molar-refractivity contribution is 5.20. The molecule has 5 atom stereocenters. The second kappa shape index (κ2) is 2.34. The van der Waals surface area contributed by atoms with Gasteiger partial charge in [0, 0.05) is 25.0 Å². The zero-order valence-corrected chi connectivity index (χ0v) is 8.37. The van der Waals surface area contributed by atoms with E-state index in [1.165, 1.54) is 12.8 Å². The van der Waals surface area contributed by atoms with E-state index >= 15 is 0 Å². The zero-order chi connectivity index (χ0) is 9.34. The summed E-state index contributed by atoms with van der Waals surface area (Å²) < 4.78 is 0. The third-order valence-electron chi connectivity index (χ3n) is 5.37. The quantitative estimate of drug-likeness (QED) is 0.530. The molecule has 4 fully saturated rings. The fourth-order valence-corrected chi connectivity index (χ4v) is 4.57. The largest absolute Gasteiger partial charge is 0.388 e. The van der Waals surface area contributed by atoms with Crippen molar-refractivity contribution in [3.63, 3.8) is 0 Å². The molecule has 0 aromatic rings. The molecule has 5 unspecified atom stereocenters. The normalized spacial score (nSPS) is 60.6. The third kappa shape index (κ3) is 0.698. The highest BCUT2D eigenvalue weighted by Crippen LogP contribution is 2.59. The molecule has 2 heterocycles. The second-order valence-corrected chi connectivity index (χ2v) is 5.72. The average molecular weight is 194 g/mol. The Bertz CT molecular complexity index is 276. The van der Waals surface area contributed by atoms with Gasteiger partial charge in [-0.25, -0.2) is 0 Å². The first-order chi connectivity index (χ1) is 6.80. The van der Waals surface area contributed by atoms with Gasteiger partial charge in [0.25, 0.3) is 0 Å². The van der Waals surface area contributed by atoms with Gasteiger partial charge in [0.05, 0.1) is 5.60 Å². The summed E-state index contributed by atoms with van der Waals surface area (Å²) in [5, 5.41) is 17.8. The number of aliphatic hydroxyl groups is 1. The summed E-state index contributed by atoms with van der Waals surface area (Å²) in [6.07, 6.45) is 2.57. The molecule has 2 aliphatic heterocycles. The summed E-state index contributed by atoms with van der Waals surface area (Å²) >= 11 is 0. The maximum absolute atomic E-state index is 10.9. The molecule has 0 aromatic carbocycles. The number of rotatable bonds is 1. The SMILES string of the molecule is OC1(C2CNC2)C2CC3CNC1C3C2. The summed E-state index contributed by atoms with van der Waals surface area (Å²) in [4.78, 5) is 0. The third-order valence-corrected chi connectivity index (χ3v) is 5.37. The second-order valence-electron chi connectivity index (χ2n) is 5.72. The van der Waals surface area contributed by atoms with Crippen LogP contribution in [-0.4, -0.2) is 36.4 Å². The summed E-state index contributed by atoms with van der Waals surface area (Å²) in [7, 11) is 0. The van der Waals surface area contributed by atoms with Crippen molar-refractivity contribution in [2.24, 2.45) is 23.7 Å². The molecular weight excluding hydrogens is 176 g/mol. The lowest BCUT2D eigenvalue weighted by molar-refractivity contribution is -0.0957. The monoisotopic (exact) mass is 194 g/mol. The van der Waals surface area contributed by atoms with Gasteiger partial charge in [0.15, 0.2) is 0 Å². The molecule has 78 valence electrons. The van der Waals surface area contributed by atoms with E-state index in [9.17, 15) is 5.11 Å². The molecule has 0 amide bonds. The summed E-state index contributed by atoms with van der Waals surface area (Å²) in [6, 6.07) is 0.429. The first-order valence-electron chi connectivity index (χ1n) is 5.96. The lowest BCUT2D eigenvalue weighted by Crippen LogP contribution is -2.64. The molecule has 14 heavy (non-hydrogen) atoms. The van der Waals surface area contributed by atoms with Gasteiger partial charge in [-0.3, -0.25) is 0 Å². The fraction of sp³-hybridized carbons (Fsp3) is 1.00. The molecule has 2 saturated heterocycles. The first kappa shape index (κ1) is 8.08. The van der Waals surface area contributed by atoms with E-state index in [4.69, 9.17) is 0 Å². The molecule has 3 N–H and O–H groups in total. The predicted molar refractivity (Wildman–Crippen MR) is 52.8 cm³/mol. The molecular formula is C11H18N2O. The van der Waals surface area contributed by atoms with Crippen LogP contribution in [0.5, 0.6) is 0 Å². The molecule has 0 spiro atoms. The van der Waals surface area contributed by atoms with Crippen LogP contribution < -0.4 is 10.6 Å². The molecule has 2 bridgehead atoms. The van der Waals surface area contributed by atoms with Crippen LogP contribution in [0.2, 0.25) is 0 Å². The van der Waals surface area contributed by atoms with Crippen molar-refractivity contribution < 1.29 is 5.11 Å². The topological polar surface area (TPSA) is 44.3 Å². The number of hydrogen-bond acceptors (Lipinski definition) is 3. The van der Waals surface area contributed by atoms with Gasteiger partial charge >= 0.3 is 0 Å². The smallest absolute Gasteiger partial charge is 0.0883 e. The van der Waals surface area contributed by atoms with Crippen molar-refractivity contribution in [1.29, 1.82) is 0 Å². The van der Waals surface area contributed by atoms with E-state index in [2.05, 4.69) is 10.6 Å². The summed E-state index contributed by atoms with van der Waals surface area (Å²) in [6.45, 7) is 3.22. The van der Waals surface area contributed by atoms with Crippen LogP contribution in [-0.2, 0) is 0 Å². The molecule has 4 rings (SSSR count). The standard InChI is InChI=1S/C11H18N2O/c14-11(8-4-12-5-8)7-1-6-3-13-10(11)9(6)2-7/h6-10,12-14H,1-5H2. The lowest BCUT2D eigenvalue weighted by atomic mass is 9.69. The van der Waals surface area contributed by atoms with Crippen LogP contribution in [0, 0.1) is 23.7 Å². The van der Waals surface area contributed by atoms with Gasteiger partial charge < -0.3 is 15.7 Å². The van der Waals surface area contributed by atoms with E-state index in [-0.39, 0.29) is 5.60 Å². The molecule has 3 heteroatoms. The van der Waals surface area contributed by atoms with Crippen molar-refractivity contribution in [3.05, 3.63) is 0 Å². The Morgan fingerprint density at radius 1 is 1.07 bits per heavy atom. The lowest BCUT2D eigenvalue weighted by Gasteiger charge is -2.47. The minimum Gasteiger partial charge on any atom is -0.388 e. The van der Waals surface area contributed by atoms with Crippen LogP contribution in [0.1, 0.15) is 12.8 Å². The Morgan fingerprint density at radius 2 is 1.93 bits per heavy atom. The van der Waals surface area contributed by atoms with E-state index in [0.717, 1.165) is 31.5 Å². The van der Waals surface area contributed by atoms with Crippen LogP contribution >= 0.6 is 0 Å². The van der Waals surface area contributed by atoms with Crippen LogP contribution in [0.25, 0.3) is 0 Å². The van der Waals surface area contributed by atoms with Gasteiger partial charge in [-0.1, -0.05) is 0 Å². The number of fused-ring (bicyclic) bond motifs is 1. The first-order valence-corrected chi connectivity index (χ1v) is 5.96. The van der Waals surface area contributed by atoms with E-state index in [1.807, 2.05) is 0 Å². The molecule has 4 aliphatic rings. The van der Waals surface area contributed by atoms with Gasteiger partial charge in [0.2, 0.25) is 0 Å². The molecule has 2 aliphatic carbocycles. The molecule has 2 saturated carbocycles. The average Bonchev–Trinajstić information content (AvgIpc) is 2.57. The van der Waals surface area contributed by atoms with E-state index in [1.54, 1.807) is 0 Å². The Labute approximate surface area is 84.3 Å². The Hall–Kier alpha value is -0.120. The van der Waals surface area contributed by atoms with Crippen molar-refractivity contribution in [1.82, 2.24) is 10.6 Å². The zero-order valence-electron chi connectivity index (χ0n) is 8.37. The van der Waals surface area contributed by atoms with Crippen molar-refractivity contribution >= 4 is 0 Å². The molecule has 0 aromatic heterocycles.